The fourth-order valence-electron chi connectivity index (χ4n) is 4.56. The highest BCUT2D eigenvalue weighted by molar-refractivity contribution is 5.98. The van der Waals surface area contributed by atoms with Crippen molar-refractivity contribution in [1.29, 1.82) is 0 Å². The molecule has 1 heterocycles. The zero-order valence-electron chi connectivity index (χ0n) is 18.8. The Morgan fingerprint density at radius 1 is 0.690 bits per heavy atom. The molecule has 0 amide bonds. The largest absolute Gasteiger partial charge is 0.214 e. The molecule has 0 unspecified atom stereocenters. The standard InChI is InChI=1S/C28H32N/c1-19-18-25(29(28(5,6)7)24-15-11-10-13-21(19)24)26-22-14-9-8-12-20(22)16-17-23(26)27(2,3)4/h8-18H,1-7H3/q+1. The minimum atomic E-state index is -0.0469. The van der Waals surface area contributed by atoms with Crippen LogP contribution in [0.1, 0.15) is 52.7 Å². The van der Waals surface area contributed by atoms with Gasteiger partial charge in [0.1, 0.15) is 0 Å². The van der Waals surface area contributed by atoms with Crippen molar-refractivity contribution in [3.63, 3.8) is 0 Å². The van der Waals surface area contributed by atoms with Crippen molar-refractivity contribution in [3.05, 3.63) is 77.9 Å². The van der Waals surface area contributed by atoms with Gasteiger partial charge >= 0.3 is 0 Å². The van der Waals surface area contributed by atoms with Crippen molar-refractivity contribution < 1.29 is 4.57 Å². The van der Waals surface area contributed by atoms with Gasteiger partial charge in [0.05, 0.1) is 5.56 Å². The summed E-state index contributed by atoms with van der Waals surface area (Å²) in [5.74, 6) is 0. The second kappa shape index (κ2) is 6.69. The van der Waals surface area contributed by atoms with Crippen LogP contribution >= 0.6 is 0 Å². The molecule has 4 rings (SSSR count). The molecule has 0 spiro atoms. The number of aryl methyl sites for hydroxylation is 1. The van der Waals surface area contributed by atoms with Crippen LogP contribution in [0.25, 0.3) is 32.9 Å². The van der Waals surface area contributed by atoms with E-state index in [9.17, 15) is 0 Å². The van der Waals surface area contributed by atoms with E-state index in [4.69, 9.17) is 0 Å². The van der Waals surface area contributed by atoms with Crippen LogP contribution in [0.5, 0.6) is 0 Å². The van der Waals surface area contributed by atoms with E-state index in [-0.39, 0.29) is 11.0 Å². The van der Waals surface area contributed by atoms with Crippen molar-refractivity contribution >= 4 is 21.7 Å². The molecule has 0 N–H and O–H groups in total. The Morgan fingerprint density at radius 3 is 1.97 bits per heavy atom. The minimum absolute atomic E-state index is 0.0469. The van der Waals surface area contributed by atoms with Crippen molar-refractivity contribution in [2.45, 2.75) is 59.4 Å². The van der Waals surface area contributed by atoms with Crippen LogP contribution in [0.2, 0.25) is 0 Å². The molecule has 0 fully saturated rings. The predicted octanol–water partition coefficient (Wildman–Crippen LogP) is 7.31. The lowest BCUT2D eigenvalue weighted by Gasteiger charge is -2.26. The second-order valence-electron chi connectivity index (χ2n) is 10.2. The first-order valence-electron chi connectivity index (χ1n) is 10.6. The first-order valence-corrected chi connectivity index (χ1v) is 10.6. The maximum absolute atomic E-state index is 2.53. The highest BCUT2D eigenvalue weighted by Gasteiger charge is 2.33. The van der Waals surface area contributed by atoms with Gasteiger partial charge in [0, 0.05) is 38.3 Å². The highest BCUT2D eigenvalue weighted by atomic mass is 15.0. The molecule has 1 nitrogen and oxygen atoms in total. The number of hydrogen-bond donors (Lipinski definition) is 0. The monoisotopic (exact) mass is 382 g/mol. The fourth-order valence-corrected chi connectivity index (χ4v) is 4.56. The van der Waals surface area contributed by atoms with E-state index in [0.29, 0.717) is 0 Å². The molecule has 3 aromatic carbocycles. The van der Waals surface area contributed by atoms with Gasteiger partial charge in [-0.2, -0.15) is 4.57 Å². The smallest absolute Gasteiger partial charge is 0.187 e. The summed E-state index contributed by atoms with van der Waals surface area (Å²) >= 11 is 0. The minimum Gasteiger partial charge on any atom is -0.187 e. The van der Waals surface area contributed by atoms with Gasteiger partial charge in [-0.15, -0.1) is 0 Å². The van der Waals surface area contributed by atoms with Crippen LogP contribution in [0.3, 0.4) is 0 Å². The zero-order chi connectivity index (χ0) is 21.0. The van der Waals surface area contributed by atoms with Gasteiger partial charge in [0.15, 0.2) is 5.54 Å². The van der Waals surface area contributed by atoms with E-state index in [1.165, 1.54) is 44.1 Å². The summed E-state index contributed by atoms with van der Waals surface area (Å²) in [4.78, 5) is 0. The van der Waals surface area contributed by atoms with E-state index in [2.05, 4.69) is 120 Å². The maximum Gasteiger partial charge on any atom is 0.214 e. The molecule has 0 radical (unpaired) electrons. The van der Waals surface area contributed by atoms with Crippen molar-refractivity contribution in [2.24, 2.45) is 0 Å². The van der Waals surface area contributed by atoms with Gasteiger partial charge in [0.25, 0.3) is 0 Å². The quantitative estimate of drug-likeness (QED) is 0.304. The molecule has 0 atom stereocenters. The Hall–Kier alpha value is -2.67. The molecule has 0 aliphatic rings. The number of aromatic nitrogens is 1. The molecule has 0 bridgehead atoms. The average Bonchev–Trinajstić information content (AvgIpc) is 2.65. The van der Waals surface area contributed by atoms with Crippen LogP contribution in [-0.2, 0) is 11.0 Å². The third-order valence-electron chi connectivity index (χ3n) is 5.83. The van der Waals surface area contributed by atoms with Gasteiger partial charge < -0.3 is 0 Å². The van der Waals surface area contributed by atoms with Crippen LogP contribution < -0.4 is 4.57 Å². The summed E-state index contributed by atoms with van der Waals surface area (Å²) in [5, 5.41) is 3.94. The van der Waals surface area contributed by atoms with Gasteiger partial charge in [0.2, 0.25) is 11.2 Å². The number of fused-ring (bicyclic) bond motifs is 2. The van der Waals surface area contributed by atoms with Crippen molar-refractivity contribution in [3.8, 4) is 11.3 Å². The van der Waals surface area contributed by atoms with Gasteiger partial charge in [-0.05, 0) is 40.3 Å². The topological polar surface area (TPSA) is 3.88 Å². The predicted molar refractivity (Wildman–Crippen MR) is 126 cm³/mol. The van der Waals surface area contributed by atoms with Gasteiger partial charge in [-0.3, -0.25) is 0 Å². The van der Waals surface area contributed by atoms with Crippen LogP contribution in [0.4, 0.5) is 0 Å². The SMILES string of the molecule is Cc1cc(-c2c(C(C)(C)C)ccc3ccccc23)[n+](C(C)(C)C)c2ccccc12. The second-order valence-corrected chi connectivity index (χ2v) is 10.2. The van der Waals surface area contributed by atoms with Crippen LogP contribution in [-0.4, -0.2) is 0 Å². The normalized spacial score (nSPS) is 12.7. The lowest BCUT2D eigenvalue weighted by molar-refractivity contribution is -0.720. The van der Waals surface area contributed by atoms with Gasteiger partial charge in [-0.25, -0.2) is 0 Å². The fraction of sp³-hybridized carbons (Fsp3) is 0.321. The first-order chi connectivity index (χ1) is 13.6. The molecule has 1 heteroatoms. The highest BCUT2D eigenvalue weighted by Crippen LogP contribution is 2.39. The van der Waals surface area contributed by atoms with Crippen molar-refractivity contribution in [1.82, 2.24) is 0 Å². The number of nitrogens with zero attached hydrogens (tertiary/aromatic N) is 1. The summed E-state index contributed by atoms with van der Waals surface area (Å²) < 4.78 is 2.53. The lowest BCUT2D eigenvalue weighted by atomic mass is 9.80. The Bertz CT molecular complexity index is 1220. The Labute approximate surface area is 175 Å². The Morgan fingerprint density at radius 2 is 1.31 bits per heavy atom. The number of benzene rings is 3. The third kappa shape index (κ3) is 3.33. The summed E-state index contributed by atoms with van der Waals surface area (Å²) in [7, 11) is 0. The first kappa shape index (κ1) is 19.6. The molecular weight excluding hydrogens is 350 g/mol. The molecule has 0 saturated carbocycles. The molecule has 1 aromatic heterocycles. The third-order valence-corrected chi connectivity index (χ3v) is 5.83. The average molecular weight is 383 g/mol. The van der Waals surface area contributed by atoms with E-state index >= 15 is 0 Å². The molecule has 29 heavy (non-hydrogen) atoms. The number of pyridine rings is 1. The molecule has 0 saturated heterocycles. The summed E-state index contributed by atoms with van der Waals surface area (Å²) in [6.45, 7) is 16.1. The number of rotatable bonds is 1. The number of hydrogen-bond acceptors (Lipinski definition) is 0. The molecular formula is C28H32N+. The van der Waals surface area contributed by atoms with E-state index in [1.54, 1.807) is 0 Å². The Balaban J connectivity index is 2.26. The lowest BCUT2D eigenvalue weighted by Crippen LogP contribution is -2.52. The molecule has 148 valence electrons. The summed E-state index contributed by atoms with van der Waals surface area (Å²) in [6, 6.07) is 24.6. The van der Waals surface area contributed by atoms with Crippen LogP contribution in [0, 0.1) is 6.92 Å². The molecule has 0 aliphatic heterocycles. The maximum atomic E-state index is 2.53. The van der Waals surface area contributed by atoms with Crippen molar-refractivity contribution in [2.75, 3.05) is 0 Å². The number of para-hydroxylation sites is 1. The zero-order valence-corrected chi connectivity index (χ0v) is 18.8. The Kier molecular flexibility index (Phi) is 4.53. The van der Waals surface area contributed by atoms with E-state index in [0.717, 1.165) is 0 Å². The summed E-state index contributed by atoms with van der Waals surface area (Å²) in [6.07, 6.45) is 0. The molecule has 0 aliphatic carbocycles. The molecule has 4 aromatic rings. The van der Waals surface area contributed by atoms with E-state index < -0.39 is 0 Å². The van der Waals surface area contributed by atoms with Gasteiger partial charge in [-0.1, -0.05) is 69.3 Å². The summed E-state index contributed by atoms with van der Waals surface area (Å²) in [5.41, 5.74) is 6.67. The van der Waals surface area contributed by atoms with Crippen LogP contribution in [0.15, 0.2) is 66.7 Å². The van der Waals surface area contributed by atoms with E-state index in [1.807, 2.05) is 0 Å².